The smallest absolute Gasteiger partial charge is 0.238 e. The second-order valence-electron chi connectivity index (χ2n) is 4.95. The van der Waals surface area contributed by atoms with Crippen LogP contribution in [0.2, 0.25) is 5.02 Å². The lowest BCUT2D eigenvalue weighted by molar-refractivity contribution is 0.597. The number of nitrogens with one attached hydrogen (secondary N) is 1. The van der Waals surface area contributed by atoms with Crippen molar-refractivity contribution in [1.29, 1.82) is 0 Å². The number of nitrogens with two attached hydrogens (primary N) is 1. The highest BCUT2D eigenvalue weighted by Crippen LogP contribution is 2.21. The van der Waals surface area contributed by atoms with Gasteiger partial charge in [0.1, 0.15) is 0 Å². The largest absolute Gasteiger partial charge is 0.381 e. The van der Waals surface area contributed by atoms with Crippen LogP contribution in [-0.4, -0.2) is 8.42 Å². The molecule has 0 fully saturated rings. The highest BCUT2D eigenvalue weighted by Gasteiger charge is 2.12. The lowest BCUT2D eigenvalue weighted by atomic mass is 10.1. The molecule has 0 atom stereocenters. The Labute approximate surface area is 130 Å². The molecule has 2 rings (SSSR count). The first-order valence-electron chi connectivity index (χ1n) is 6.40. The molecule has 0 heterocycles. The van der Waals surface area contributed by atoms with E-state index in [1.165, 1.54) is 0 Å². The van der Waals surface area contributed by atoms with Crippen molar-refractivity contribution in [2.75, 3.05) is 5.32 Å². The summed E-state index contributed by atoms with van der Waals surface area (Å²) in [5.74, 6) is 0. The van der Waals surface area contributed by atoms with Crippen molar-refractivity contribution in [3.63, 3.8) is 0 Å². The summed E-state index contributed by atoms with van der Waals surface area (Å²) >= 11 is 5.92. The van der Waals surface area contributed by atoms with Crippen LogP contribution in [-0.2, 0) is 16.6 Å². The van der Waals surface area contributed by atoms with Gasteiger partial charge in [0.2, 0.25) is 10.0 Å². The van der Waals surface area contributed by atoms with Crippen molar-refractivity contribution < 1.29 is 8.42 Å². The predicted molar refractivity (Wildman–Crippen MR) is 86.1 cm³/mol. The average molecular weight is 325 g/mol. The summed E-state index contributed by atoms with van der Waals surface area (Å²) < 4.78 is 23.0. The highest BCUT2D eigenvalue weighted by molar-refractivity contribution is 7.89. The van der Waals surface area contributed by atoms with Crippen LogP contribution in [0.3, 0.4) is 0 Å². The third kappa shape index (κ3) is 3.97. The number of aryl methyl sites for hydroxylation is 2. The number of primary sulfonamides is 1. The van der Waals surface area contributed by atoms with Crippen LogP contribution in [0.15, 0.2) is 41.3 Å². The minimum absolute atomic E-state index is 0.139. The minimum atomic E-state index is -3.71. The highest BCUT2D eigenvalue weighted by atomic mass is 35.5. The zero-order valence-electron chi connectivity index (χ0n) is 11.9. The van der Waals surface area contributed by atoms with Gasteiger partial charge in [0.15, 0.2) is 0 Å². The molecule has 0 saturated carbocycles. The summed E-state index contributed by atoms with van der Waals surface area (Å²) in [5.41, 5.74) is 3.51. The van der Waals surface area contributed by atoms with Crippen molar-refractivity contribution >= 4 is 27.3 Å². The Hall–Kier alpha value is -1.56. The zero-order valence-corrected chi connectivity index (χ0v) is 13.4. The third-order valence-electron chi connectivity index (χ3n) is 3.28. The van der Waals surface area contributed by atoms with E-state index in [2.05, 4.69) is 5.32 Å². The molecule has 21 heavy (non-hydrogen) atoms. The van der Waals surface area contributed by atoms with Gasteiger partial charge in [-0.15, -0.1) is 0 Å². The molecular formula is C15H17ClN2O2S. The predicted octanol–water partition coefficient (Wildman–Crippen LogP) is 3.22. The summed E-state index contributed by atoms with van der Waals surface area (Å²) in [6.07, 6.45) is 0. The van der Waals surface area contributed by atoms with Crippen molar-refractivity contribution in [2.45, 2.75) is 25.3 Å². The molecule has 0 aliphatic carbocycles. The topological polar surface area (TPSA) is 72.2 Å². The van der Waals surface area contributed by atoms with E-state index >= 15 is 0 Å². The minimum Gasteiger partial charge on any atom is -0.381 e. The Balaban J connectivity index is 2.21. The van der Waals surface area contributed by atoms with Gasteiger partial charge < -0.3 is 5.32 Å². The van der Waals surface area contributed by atoms with Crippen molar-refractivity contribution in [2.24, 2.45) is 5.14 Å². The molecule has 112 valence electrons. The lowest BCUT2D eigenvalue weighted by Gasteiger charge is -2.11. The van der Waals surface area contributed by atoms with E-state index in [1.54, 1.807) is 19.1 Å². The van der Waals surface area contributed by atoms with E-state index in [0.717, 1.165) is 11.1 Å². The molecule has 0 saturated heterocycles. The van der Waals surface area contributed by atoms with Gasteiger partial charge in [-0.1, -0.05) is 23.7 Å². The lowest BCUT2D eigenvalue weighted by Crippen LogP contribution is -2.14. The second kappa shape index (κ2) is 6.05. The van der Waals surface area contributed by atoms with E-state index in [1.807, 2.05) is 31.2 Å². The van der Waals surface area contributed by atoms with Crippen LogP contribution in [0.25, 0.3) is 0 Å². The van der Waals surface area contributed by atoms with Crippen LogP contribution in [0, 0.1) is 13.8 Å². The van der Waals surface area contributed by atoms with Gasteiger partial charge in [0, 0.05) is 17.3 Å². The molecule has 0 unspecified atom stereocenters. The average Bonchev–Trinajstić information content (AvgIpc) is 2.38. The Morgan fingerprint density at radius 1 is 1.10 bits per heavy atom. The van der Waals surface area contributed by atoms with Gasteiger partial charge >= 0.3 is 0 Å². The Morgan fingerprint density at radius 3 is 2.43 bits per heavy atom. The number of benzene rings is 2. The first-order chi connectivity index (χ1) is 9.77. The zero-order chi connectivity index (χ0) is 15.6. The fourth-order valence-corrected chi connectivity index (χ4v) is 3.11. The Morgan fingerprint density at radius 2 is 1.81 bits per heavy atom. The molecule has 2 aromatic rings. The molecule has 0 amide bonds. The van der Waals surface area contributed by atoms with Crippen LogP contribution in [0.1, 0.15) is 16.7 Å². The van der Waals surface area contributed by atoms with Crippen molar-refractivity contribution in [3.05, 3.63) is 58.1 Å². The maximum absolute atomic E-state index is 11.5. The number of anilines is 1. The first-order valence-corrected chi connectivity index (χ1v) is 8.32. The maximum Gasteiger partial charge on any atom is 0.238 e. The third-order valence-corrected chi connectivity index (χ3v) is 4.57. The summed E-state index contributed by atoms with van der Waals surface area (Å²) in [5, 5.41) is 9.10. The van der Waals surface area contributed by atoms with Gasteiger partial charge in [-0.2, -0.15) is 0 Å². The number of halogens is 1. The van der Waals surface area contributed by atoms with Crippen molar-refractivity contribution in [1.82, 2.24) is 0 Å². The molecule has 0 aromatic heterocycles. The van der Waals surface area contributed by atoms with E-state index in [4.69, 9.17) is 16.7 Å². The Kier molecular flexibility index (Phi) is 4.56. The maximum atomic E-state index is 11.5. The number of hydrogen-bond donors (Lipinski definition) is 2. The molecule has 0 spiro atoms. The monoisotopic (exact) mass is 324 g/mol. The molecule has 0 aliphatic rings. The van der Waals surface area contributed by atoms with E-state index in [0.29, 0.717) is 22.8 Å². The molecule has 0 aliphatic heterocycles. The second-order valence-corrected chi connectivity index (χ2v) is 6.92. The van der Waals surface area contributed by atoms with E-state index in [9.17, 15) is 8.42 Å². The number of rotatable bonds is 4. The molecule has 6 heteroatoms. The Bertz CT molecular complexity index is 773. The van der Waals surface area contributed by atoms with Crippen LogP contribution in [0.4, 0.5) is 5.69 Å². The first kappa shape index (κ1) is 15.8. The van der Waals surface area contributed by atoms with Crippen LogP contribution >= 0.6 is 11.6 Å². The summed E-state index contributed by atoms with van der Waals surface area (Å²) in [7, 11) is -3.71. The summed E-state index contributed by atoms with van der Waals surface area (Å²) in [6.45, 7) is 4.27. The fraction of sp³-hybridized carbons (Fsp3) is 0.200. The van der Waals surface area contributed by atoms with Gasteiger partial charge in [-0.05, 0) is 54.8 Å². The normalized spacial score (nSPS) is 11.4. The fourth-order valence-electron chi connectivity index (χ4n) is 2.07. The summed E-state index contributed by atoms with van der Waals surface area (Å²) in [6, 6.07) is 10.8. The van der Waals surface area contributed by atoms with E-state index in [-0.39, 0.29) is 4.90 Å². The molecule has 0 bridgehead atoms. The number of sulfonamides is 1. The van der Waals surface area contributed by atoms with Crippen LogP contribution in [0.5, 0.6) is 0 Å². The molecular weight excluding hydrogens is 308 g/mol. The van der Waals surface area contributed by atoms with Crippen molar-refractivity contribution in [3.8, 4) is 0 Å². The van der Waals surface area contributed by atoms with Gasteiger partial charge in [0.25, 0.3) is 0 Å². The van der Waals surface area contributed by atoms with Gasteiger partial charge in [-0.3, -0.25) is 0 Å². The SMILES string of the molecule is Cc1cc(Cl)ccc1CNc1ccc(C)c(S(N)(=O)=O)c1. The number of hydrogen-bond acceptors (Lipinski definition) is 3. The standard InChI is InChI=1S/C15H17ClN2O2S/c1-10-3-6-14(8-15(10)21(17,19)20)18-9-12-4-5-13(16)7-11(12)2/h3-8,18H,9H2,1-2H3,(H2,17,19,20). The molecule has 3 N–H and O–H groups in total. The molecule has 2 aromatic carbocycles. The molecule has 4 nitrogen and oxygen atoms in total. The summed E-state index contributed by atoms with van der Waals surface area (Å²) in [4.78, 5) is 0.139. The van der Waals surface area contributed by atoms with E-state index < -0.39 is 10.0 Å². The quantitative estimate of drug-likeness (QED) is 0.907. The van der Waals surface area contributed by atoms with Gasteiger partial charge in [-0.25, -0.2) is 13.6 Å². The molecule has 0 radical (unpaired) electrons. The van der Waals surface area contributed by atoms with Crippen LogP contribution < -0.4 is 10.5 Å². The van der Waals surface area contributed by atoms with Gasteiger partial charge in [0.05, 0.1) is 4.90 Å².